The van der Waals surface area contributed by atoms with Crippen molar-refractivity contribution in [3.05, 3.63) is 42.6 Å². The summed E-state index contributed by atoms with van der Waals surface area (Å²) in [5, 5.41) is 1.26. The zero-order valence-corrected chi connectivity index (χ0v) is 12.5. The van der Waals surface area contributed by atoms with Crippen LogP contribution in [0.2, 0.25) is 0 Å². The number of nitrogens with zero attached hydrogens (tertiary/aromatic N) is 3. The van der Waals surface area contributed by atoms with E-state index in [-0.39, 0.29) is 0 Å². The van der Waals surface area contributed by atoms with Crippen LogP contribution in [0.1, 0.15) is 6.42 Å². The molecule has 3 rings (SSSR count). The van der Waals surface area contributed by atoms with E-state index < -0.39 is 0 Å². The van der Waals surface area contributed by atoms with Crippen LogP contribution in [0, 0.1) is 0 Å². The molecule has 2 aliphatic heterocycles. The maximum Gasteiger partial charge on any atom is 0.0881 e. The molecule has 0 saturated heterocycles. The highest BCUT2D eigenvalue weighted by molar-refractivity contribution is 5.95. The van der Waals surface area contributed by atoms with Crippen LogP contribution in [-0.4, -0.2) is 41.7 Å². The molecule has 3 heteroatoms. The van der Waals surface area contributed by atoms with E-state index >= 15 is 0 Å². The normalized spacial score (nSPS) is 12.3. The molecule has 2 aliphatic rings. The highest BCUT2D eigenvalue weighted by Gasteiger charge is 2.15. The van der Waals surface area contributed by atoms with Crippen LogP contribution < -0.4 is 0 Å². The van der Waals surface area contributed by atoms with Gasteiger partial charge < -0.3 is 9.05 Å². The lowest BCUT2D eigenvalue weighted by molar-refractivity contribution is -0.870. The van der Waals surface area contributed by atoms with Crippen LogP contribution >= 0.6 is 0 Å². The molecule has 0 radical (unpaired) electrons. The second-order valence-corrected chi connectivity index (χ2v) is 6.43. The van der Waals surface area contributed by atoms with Gasteiger partial charge >= 0.3 is 0 Å². The number of para-hydroxylation sites is 1. The van der Waals surface area contributed by atoms with Gasteiger partial charge in [0.15, 0.2) is 0 Å². The first-order valence-corrected chi connectivity index (χ1v) is 7.19. The van der Waals surface area contributed by atoms with Gasteiger partial charge in [-0.2, -0.15) is 0 Å². The first-order valence-electron chi connectivity index (χ1n) is 7.19. The van der Waals surface area contributed by atoms with Crippen molar-refractivity contribution in [3.63, 3.8) is 0 Å². The number of fused-ring (bicyclic) bond motifs is 3. The van der Waals surface area contributed by atoms with E-state index in [1.54, 1.807) is 0 Å². The maximum atomic E-state index is 4.71. The zero-order chi connectivity index (χ0) is 14.2. The van der Waals surface area contributed by atoms with E-state index in [1.807, 2.05) is 0 Å². The standard InChI is InChI=1S/C17H22N3/c1-20(2,3)13-7-12-19-11-6-10-16-17(19)14-8-4-5-9-15(14)18-16/h4-6,8-11H,7,12-13H2,1-3H3/q+1. The molecule has 1 aromatic carbocycles. The van der Waals surface area contributed by atoms with Crippen LogP contribution in [0.4, 0.5) is 0 Å². The topological polar surface area (TPSA) is 17.8 Å². The van der Waals surface area contributed by atoms with Crippen LogP contribution in [0.3, 0.4) is 0 Å². The Balaban J connectivity index is 1.95. The summed E-state index contributed by atoms with van der Waals surface area (Å²) in [5.74, 6) is 0. The van der Waals surface area contributed by atoms with Crippen molar-refractivity contribution < 1.29 is 4.48 Å². The van der Waals surface area contributed by atoms with Crippen molar-refractivity contribution in [2.75, 3.05) is 27.7 Å². The van der Waals surface area contributed by atoms with E-state index in [4.69, 9.17) is 4.98 Å². The molecule has 0 bridgehead atoms. The third-order valence-corrected chi connectivity index (χ3v) is 3.68. The largest absolute Gasteiger partial charge is 0.345 e. The molecule has 20 heavy (non-hydrogen) atoms. The van der Waals surface area contributed by atoms with Crippen LogP contribution in [-0.2, 0) is 6.54 Å². The molecule has 2 heterocycles. The Hall–Kier alpha value is -1.87. The maximum absolute atomic E-state index is 4.71. The highest BCUT2D eigenvalue weighted by Crippen LogP contribution is 2.30. The van der Waals surface area contributed by atoms with Gasteiger partial charge in [0.25, 0.3) is 0 Å². The molecule has 104 valence electrons. The number of benzene rings is 1. The number of rotatable bonds is 4. The lowest BCUT2D eigenvalue weighted by atomic mass is 10.1. The van der Waals surface area contributed by atoms with Gasteiger partial charge in [0.2, 0.25) is 0 Å². The summed E-state index contributed by atoms with van der Waals surface area (Å²) in [5.41, 5.74) is 3.46. The summed E-state index contributed by atoms with van der Waals surface area (Å²) in [6.07, 6.45) is 3.35. The van der Waals surface area contributed by atoms with Gasteiger partial charge in [-0.1, -0.05) is 18.2 Å². The van der Waals surface area contributed by atoms with Gasteiger partial charge in [-0.05, 0) is 18.2 Å². The van der Waals surface area contributed by atoms with E-state index in [9.17, 15) is 0 Å². The van der Waals surface area contributed by atoms with Gasteiger partial charge in [0.1, 0.15) is 0 Å². The Morgan fingerprint density at radius 2 is 1.85 bits per heavy atom. The molecule has 0 aliphatic carbocycles. The average molecular weight is 268 g/mol. The Morgan fingerprint density at radius 3 is 2.65 bits per heavy atom. The first-order chi connectivity index (χ1) is 9.54. The van der Waals surface area contributed by atoms with Crippen molar-refractivity contribution in [3.8, 4) is 11.4 Å². The number of hydrogen-bond donors (Lipinski definition) is 0. The van der Waals surface area contributed by atoms with Crippen molar-refractivity contribution in [1.82, 2.24) is 9.55 Å². The van der Waals surface area contributed by atoms with Gasteiger partial charge in [-0.15, -0.1) is 0 Å². The molecular weight excluding hydrogens is 246 g/mol. The van der Waals surface area contributed by atoms with Crippen molar-refractivity contribution in [2.45, 2.75) is 13.0 Å². The second kappa shape index (κ2) is 4.91. The SMILES string of the molecule is C[N+](C)(C)CCCn1cccc2nc3ccccc3c1-2. The van der Waals surface area contributed by atoms with Gasteiger partial charge in [0, 0.05) is 24.5 Å². The average Bonchev–Trinajstić information content (AvgIpc) is 2.76. The third kappa shape index (κ3) is 2.54. The second-order valence-electron chi connectivity index (χ2n) is 6.43. The quantitative estimate of drug-likeness (QED) is 0.664. The number of hydrogen-bond acceptors (Lipinski definition) is 1. The van der Waals surface area contributed by atoms with E-state index in [0.717, 1.165) is 22.2 Å². The Morgan fingerprint density at radius 1 is 1.05 bits per heavy atom. The summed E-state index contributed by atoms with van der Waals surface area (Å²) >= 11 is 0. The Kier molecular flexibility index (Phi) is 3.22. The number of pyridine rings is 1. The first kappa shape index (κ1) is 13.1. The molecule has 0 aromatic heterocycles. The van der Waals surface area contributed by atoms with E-state index in [2.05, 4.69) is 68.3 Å². The van der Waals surface area contributed by atoms with Crippen LogP contribution in [0.25, 0.3) is 22.3 Å². The number of aryl methyl sites for hydroxylation is 1. The lowest BCUT2D eigenvalue weighted by Crippen LogP contribution is -2.35. The van der Waals surface area contributed by atoms with Gasteiger partial charge in [0.05, 0.1) is 44.6 Å². The van der Waals surface area contributed by atoms with E-state index in [0.29, 0.717) is 0 Å². The molecular formula is C17H22N3+. The molecule has 0 fully saturated rings. The van der Waals surface area contributed by atoms with Gasteiger partial charge in [-0.25, -0.2) is 4.98 Å². The monoisotopic (exact) mass is 268 g/mol. The molecule has 0 spiro atoms. The minimum atomic E-state index is 1.01. The molecule has 3 nitrogen and oxygen atoms in total. The summed E-state index contributed by atoms with van der Waals surface area (Å²) in [7, 11) is 6.72. The minimum absolute atomic E-state index is 1.01. The molecule has 0 atom stereocenters. The van der Waals surface area contributed by atoms with Crippen molar-refractivity contribution in [1.29, 1.82) is 0 Å². The van der Waals surface area contributed by atoms with Crippen LogP contribution in [0.15, 0.2) is 42.6 Å². The zero-order valence-electron chi connectivity index (χ0n) is 12.5. The molecule has 1 aromatic rings. The van der Waals surface area contributed by atoms with Crippen molar-refractivity contribution >= 4 is 10.9 Å². The smallest absolute Gasteiger partial charge is 0.0881 e. The Bertz CT molecular complexity index is 691. The van der Waals surface area contributed by atoms with Crippen molar-refractivity contribution in [2.24, 2.45) is 0 Å². The summed E-state index contributed by atoms with van der Waals surface area (Å²) < 4.78 is 3.36. The predicted molar refractivity (Wildman–Crippen MR) is 83.9 cm³/mol. The molecule has 0 unspecified atom stereocenters. The summed E-state index contributed by atoms with van der Waals surface area (Å²) in [4.78, 5) is 4.71. The minimum Gasteiger partial charge on any atom is -0.345 e. The highest BCUT2D eigenvalue weighted by atomic mass is 15.3. The number of quaternary nitrogens is 1. The summed E-state index contributed by atoms with van der Waals surface area (Å²) in [6.45, 7) is 2.22. The van der Waals surface area contributed by atoms with Crippen LogP contribution in [0.5, 0.6) is 0 Å². The molecule has 0 saturated carbocycles. The Labute approximate surface area is 120 Å². The summed E-state index contributed by atoms with van der Waals surface area (Å²) in [6, 6.07) is 12.6. The predicted octanol–water partition coefficient (Wildman–Crippen LogP) is 3.24. The third-order valence-electron chi connectivity index (χ3n) is 3.68. The fourth-order valence-corrected chi connectivity index (χ4v) is 2.72. The van der Waals surface area contributed by atoms with E-state index in [1.165, 1.54) is 24.0 Å². The lowest BCUT2D eigenvalue weighted by Gasteiger charge is -2.24. The molecule has 0 amide bonds. The molecule has 0 N–H and O–H groups in total. The fourth-order valence-electron chi connectivity index (χ4n) is 2.72. The van der Waals surface area contributed by atoms with Gasteiger partial charge in [-0.3, -0.25) is 0 Å². The number of aromatic nitrogens is 2. The fraction of sp³-hybridized carbons (Fsp3) is 0.353.